The zero-order valence-electron chi connectivity index (χ0n) is 14.2. The third-order valence-corrected chi connectivity index (χ3v) is 4.90. The average molecular weight is 341 g/mol. The molecule has 8 nitrogen and oxygen atoms in total. The van der Waals surface area contributed by atoms with Gasteiger partial charge in [0.05, 0.1) is 23.3 Å². The summed E-state index contributed by atoms with van der Waals surface area (Å²) < 4.78 is 9.61. The van der Waals surface area contributed by atoms with Gasteiger partial charge in [-0.1, -0.05) is 0 Å². The molecule has 0 aromatic carbocycles. The van der Waals surface area contributed by atoms with Crippen molar-refractivity contribution in [2.24, 2.45) is 18.5 Å². The van der Waals surface area contributed by atoms with Crippen molar-refractivity contribution in [1.29, 1.82) is 0 Å². The maximum atomic E-state index is 6.51. The Morgan fingerprint density at radius 2 is 2.20 bits per heavy atom. The van der Waals surface area contributed by atoms with Gasteiger partial charge in [0, 0.05) is 31.6 Å². The minimum absolute atomic E-state index is 0.103. The lowest BCUT2D eigenvalue weighted by Crippen LogP contribution is -2.50. The Kier molecular flexibility index (Phi) is 3.76. The van der Waals surface area contributed by atoms with Crippen LogP contribution < -0.4 is 16.8 Å². The summed E-state index contributed by atoms with van der Waals surface area (Å²) in [6, 6.07) is 1.96. The highest BCUT2D eigenvalue weighted by molar-refractivity contribution is 5.48. The Bertz CT molecular complexity index is 828. The summed E-state index contributed by atoms with van der Waals surface area (Å²) in [4.78, 5) is 0. The van der Waals surface area contributed by atoms with Gasteiger partial charge in [-0.2, -0.15) is 10.2 Å². The van der Waals surface area contributed by atoms with Gasteiger partial charge in [0.1, 0.15) is 5.54 Å². The number of aromatic nitrogens is 4. The van der Waals surface area contributed by atoms with Crippen molar-refractivity contribution in [2.75, 3.05) is 6.61 Å². The highest BCUT2D eigenvalue weighted by Crippen LogP contribution is 2.39. The maximum absolute atomic E-state index is 6.51. The molecule has 8 heteroatoms. The lowest BCUT2D eigenvalue weighted by molar-refractivity contribution is -0.0424. The van der Waals surface area contributed by atoms with E-state index < -0.39 is 5.54 Å². The number of dihydropyridines is 1. The minimum Gasteiger partial charge on any atom is -0.398 e. The lowest BCUT2D eigenvalue weighted by atomic mass is 9.82. The van der Waals surface area contributed by atoms with Crippen molar-refractivity contribution in [3.05, 3.63) is 59.6 Å². The number of nitrogens with two attached hydrogens (primary N) is 2. The number of ether oxygens (including phenoxy) is 1. The van der Waals surface area contributed by atoms with Crippen molar-refractivity contribution in [3.63, 3.8) is 0 Å². The van der Waals surface area contributed by atoms with Crippen LogP contribution in [0.2, 0.25) is 0 Å². The van der Waals surface area contributed by atoms with Crippen molar-refractivity contribution in [2.45, 2.75) is 31.0 Å². The first-order valence-corrected chi connectivity index (χ1v) is 8.47. The van der Waals surface area contributed by atoms with Crippen LogP contribution in [-0.4, -0.2) is 26.2 Å². The quantitative estimate of drug-likeness (QED) is 0.762. The minimum atomic E-state index is -0.829. The third-order valence-electron chi connectivity index (χ3n) is 4.90. The van der Waals surface area contributed by atoms with E-state index in [2.05, 4.69) is 15.5 Å². The Hall–Kier alpha value is -2.74. The van der Waals surface area contributed by atoms with Crippen LogP contribution in [0.5, 0.6) is 0 Å². The molecule has 2 atom stereocenters. The average Bonchev–Trinajstić information content (AvgIpc) is 3.28. The molecular formula is C17H23N7O. The molecule has 2 aromatic heterocycles. The Morgan fingerprint density at radius 1 is 1.32 bits per heavy atom. The Morgan fingerprint density at radius 3 is 2.92 bits per heavy atom. The van der Waals surface area contributed by atoms with Crippen LogP contribution in [-0.2, 0) is 17.3 Å². The van der Waals surface area contributed by atoms with Crippen LogP contribution in [0.15, 0.2) is 48.3 Å². The van der Waals surface area contributed by atoms with Crippen molar-refractivity contribution in [3.8, 4) is 0 Å². The second-order valence-corrected chi connectivity index (χ2v) is 6.48. The van der Waals surface area contributed by atoms with Gasteiger partial charge in [0.2, 0.25) is 0 Å². The molecule has 0 aliphatic carbocycles. The van der Waals surface area contributed by atoms with E-state index in [0.717, 1.165) is 37.1 Å². The van der Waals surface area contributed by atoms with Gasteiger partial charge >= 0.3 is 0 Å². The summed E-state index contributed by atoms with van der Waals surface area (Å²) in [6.45, 7) is 0.741. The van der Waals surface area contributed by atoms with Crippen LogP contribution in [0.3, 0.4) is 0 Å². The standard InChI is InChI=1S/C17H23N7O/c1-23-11-12(10-22-23)17(16(19)13(18)5-7-20-17)14-6-8-21-24(14)15-4-2-3-9-25-15/h5-8,10-11,15,20H,2-4,9,18-19H2,1H3. The smallest absolute Gasteiger partial charge is 0.150 e. The maximum Gasteiger partial charge on any atom is 0.150 e. The fraction of sp³-hybridized carbons (Fsp3) is 0.412. The second-order valence-electron chi connectivity index (χ2n) is 6.48. The van der Waals surface area contributed by atoms with Gasteiger partial charge in [0.15, 0.2) is 6.23 Å². The zero-order chi connectivity index (χ0) is 17.4. The van der Waals surface area contributed by atoms with Crippen molar-refractivity contribution < 1.29 is 4.74 Å². The van der Waals surface area contributed by atoms with E-state index in [0.29, 0.717) is 11.4 Å². The summed E-state index contributed by atoms with van der Waals surface area (Å²) in [7, 11) is 1.88. The SMILES string of the molecule is Cn1cc(C2(c3ccnn3C3CCCCO3)NC=CC(N)=C2N)cn1. The fourth-order valence-electron chi connectivity index (χ4n) is 3.61. The zero-order valence-corrected chi connectivity index (χ0v) is 14.2. The van der Waals surface area contributed by atoms with E-state index >= 15 is 0 Å². The first-order chi connectivity index (χ1) is 12.1. The van der Waals surface area contributed by atoms with Crippen LogP contribution in [0, 0.1) is 0 Å². The summed E-state index contributed by atoms with van der Waals surface area (Å²) >= 11 is 0. The first-order valence-electron chi connectivity index (χ1n) is 8.47. The molecule has 2 unspecified atom stereocenters. The number of aryl methyl sites for hydroxylation is 1. The van der Waals surface area contributed by atoms with Crippen LogP contribution >= 0.6 is 0 Å². The molecule has 2 aromatic rings. The molecule has 132 valence electrons. The molecule has 4 heterocycles. The number of hydrogen-bond donors (Lipinski definition) is 3. The molecule has 5 N–H and O–H groups in total. The Labute approximate surface area is 146 Å². The van der Waals surface area contributed by atoms with E-state index in [9.17, 15) is 0 Å². The van der Waals surface area contributed by atoms with Crippen molar-refractivity contribution >= 4 is 0 Å². The molecule has 1 saturated heterocycles. The third kappa shape index (κ3) is 2.41. The van der Waals surface area contributed by atoms with Gasteiger partial charge in [-0.05, 0) is 37.6 Å². The molecule has 1 fully saturated rings. The summed E-state index contributed by atoms with van der Waals surface area (Å²) in [5, 5.41) is 12.3. The highest BCUT2D eigenvalue weighted by atomic mass is 16.5. The predicted octanol–water partition coefficient (Wildman–Crippen LogP) is 0.805. The van der Waals surface area contributed by atoms with Gasteiger partial charge in [0.25, 0.3) is 0 Å². The largest absolute Gasteiger partial charge is 0.398 e. The summed E-state index contributed by atoms with van der Waals surface area (Å²) in [6.07, 6.45) is 12.1. The molecule has 0 amide bonds. The number of hydrogen-bond acceptors (Lipinski definition) is 6. The molecule has 2 aliphatic rings. The molecule has 0 saturated carbocycles. The number of nitrogens with one attached hydrogen (secondary N) is 1. The van der Waals surface area contributed by atoms with E-state index in [1.807, 2.05) is 30.2 Å². The first kappa shape index (κ1) is 15.8. The molecule has 0 bridgehead atoms. The Balaban J connectivity index is 1.89. The number of nitrogens with zero attached hydrogens (tertiary/aromatic N) is 4. The van der Waals surface area contributed by atoms with Crippen LogP contribution in [0.1, 0.15) is 36.7 Å². The van der Waals surface area contributed by atoms with Crippen LogP contribution in [0.4, 0.5) is 0 Å². The van der Waals surface area contributed by atoms with E-state index in [-0.39, 0.29) is 6.23 Å². The van der Waals surface area contributed by atoms with E-state index in [1.54, 1.807) is 23.2 Å². The second kappa shape index (κ2) is 5.96. The molecular weight excluding hydrogens is 318 g/mol. The van der Waals surface area contributed by atoms with Gasteiger partial charge in [-0.25, -0.2) is 4.68 Å². The summed E-state index contributed by atoms with van der Waals surface area (Å²) in [5.74, 6) is 0. The van der Waals surface area contributed by atoms with Gasteiger partial charge in [-0.15, -0.1) is 0 Å². The highest BCUT2D eigenvalue weighted by Gasteiger charge is 2.44. The topological polar surface area (TPSA) is 109 Å². The van der Waals surface area contributed by atoms with Gasteiger partial charge < -0.3 is 21.5 Å². The fourth-order valence-corrected chi connectivity index (χ4v) is 3.61. The van der Waals surface area contributed by atoms with Crippen molar-refractivity contribution in [1.82, 2.24) is 24.9 Å². The molecule has 25 heavy (non-hydrogen) atoms. The monoisotopic (exact) mass is 341 g/mol. The molecule has 2 aliphatic heterocycles. The number of allylic oxidation sites excluding steroid dienone is 1. The van der Waals surface area contributed by atoms with Gasteiger partial charge in [-0.3, -0.25) is 4.68 Å². The normalized spacial score (nSPS) is 26.7. The van der Waals surface area contributed by atoms with Crippen LogP contribution in [0.25, 0.3) is 0 Å². The number of rotatable bonds is 3. The summed E-state index contributed by atoms with van der Waals surface area (Å²) in [5.41, 5.74) is 14.7. The van der Waals surface area contributed by atoms with E-state index in [1.165, 1.54) is 0 Å². The molecule has 0 spiro atoms. The predicted molar refractivity (Wildman–Crippen MR) is 92.7 cm³/mol. The molecule has 0 radical (unpaired) electrons. The lowest BCUT2D eigenvalue weighted by Gasteiger charge is -2.38. The molecule has 4 rings (SSSR count). The van der Waals surface area contributed by atoms with E-state index in [4.69, 9.17) is 16.2 Å².